The molecule has 0 unspecified atom stereocenters. The van der Waals surface area contributed by atoms with Gasteiger partial charge in [-0.15, -0.1) is 0 Å². The van der Waals surface area contributed by atoms with Crippen LogP contribution in [0.15, 0.2) is 24.4 Å². The molecular formula is C12H18FN3. The Hall–Kier alpha value is -1.55. The molecule has 0 aromatic heterocycles. The van der Waals surface area contributed by atoms with Crippen LogP contribution in [-0.2, 0) is 6.54 Å². The fourth-order valence-corrected chi connectivity index (χ4v) is 1.42. The summed E-state index contributed by atoms with van der Waals surface area (Å²) in [5.74, 6) is -0.268. The van der Waals surface area contributed by atoms with Crippen molar-refractivity contribution in [3.8, 4) is 0 Å². The summed E-state index contributed by atoms with van der Waals surface area (Å²) < 4.78 is 13.3. The van der Waals surface area contributed by atoms with Gasteiger partial charge >= 0.3 is 0 Å². The van der Waals surface area contributed by atoms with E-state index < -0.39 is 0 Å². The molecule has 16 heavy (non-hydrogen) atoms. The lowest BCUT2D eigenvalue weighted by Gasteiger charge is -2.06. The highest BCUT2D eigenvalue weighted by atomic mass is 19.1. The number of nitrogens with two attached hydrogens (primary N) is 1. The molecule has 0 heterocycles. The third-order valence-electron chi connectivity index (χ3n) is 2.13. The number of rotatable bonds is 5. The minimum Gasteiger partial charge on any atom is -0.397 e. The summed E-state index contributed by atoms with van der Waals surface area (Å²) in [7, 11) is 1.82. The predicted octanol–water partition coefficient (Wildman–Crippen LogP) is 1.41. The van der Waals surface area contributed by atoms with E-state index in [2.05, 4.69) is 10.6 Å². The number of halogens is 1. The fraction of sp³-hybridized carbons (Fsp3) is 0.333. The SMILES string of the molecule is CCN/C=C(\N)c1cc(F)cc(CNC)c1. The Kier molecular flexibility index (Phi) is 4.79. The van der Waals surface area contributed by atoms with E-state index in [1.165, 1.54) is 12.1 Å². The first-order chi connectivity index (χ1) is 7.67. The zero-order valence-corrected chi connectivity index (χ0v) is 9.68. The van der Waals surface area contributed by atoms with Crippen molar-refractivity contribution >= 4 is 5.70 Å². The van der Waals surface area contributed by atoms with Crippen LogP contribution in [0.1, 0.15) is 18.1 Å². The molecule has 1 rings (SSSR count). The van der Waals surface area contributed by atoms with Gasteiger partial charge in [0, 0.05) is 24.9 Å². The first-order valence-electron chi connectivity index (χ1n) is 5.30. The lowest BCUT2D eigenvalue weighted by molar-refractivity contribution is 0.623. The summed E-state index contributed by atoms with van der Waals surface area (Å²) >= 11 is 0. The number of benzene rings is 1. The van der Waals surface area contributed by atoms with Gasteiger partial charge < -0.3 is 16.4 Å². The molecule has 0 aliphatic rings. The molecule has 1 aromatic rings. The monoisotopic (exact) mass is 223 g/mol. The van der Waals surface area contributed by atoms with Gasteiger partial charge in [0.05, 0.1) is 5.70 Å². The van der Waals surface area contributed by atoms with Crippen LogP contribution >= 0.6 is 0 Å². The Balaban J connectivity index is 2.95. The van der Waals surface area contributed by atoms with Gasteiger partial charge in [-0.05, 0) is 37.7 Å². The van der Waals surface area contributed by atoms with Crippen molar-refractivity contribution in [1.82, 2.24) is 10.6 Å². The Bertz CT molecular complexity index is 375. The van der Waals surface area contributed by atoms with Gasteiger partial charge in [0.15, 0.2) is 0 Å². The Morgan fingerprint density at radius 3 is 2.81 bits per heavy atom. The third-order valence-corrected chi connectivity index (χ3v) is 2.13. The van der Waals surface area contributed by atoms with Crippen molar-refractivity contribution in [3.05, 3.63) is 41.3 Å². The minimum atomic E-state index is -0.268. The van der Waals surface area contributed by atoms with Crippen LogP contribution in [-0.4, -0.2) is 13.6 Å². The maximum absolute atomic E-state index is 13.3. The molecular weight excluding hydrogens is 205 g/mol. The molecule has 0 spiro atoms. The van der Waals surface area contributed by atoms with Crippen LogP contribution in [0, 0.1) is 5.82 Å². The number of hydrogen-bond donors (Lipinski definition) is 3. The summed E-state index contributed by atoms with van der Waals surface area (Å²) in [6, 6.07) is 4.81. The van der Waals surface area contributed by atoms with Crippen molar-refractivity contribution in [2.45, 2.75) is 13.5 Å². The second kappa shape index (κ2) is 6.12. The summed E-state index contributed by atoms with van der Waals surface area (Å²) in [4.78, 5) is 0. The first kappa shape index (κ1) is 12.5. The van der Waals surface area contributed by atoms with Gasteiger partial charge in [0.2, 0.25) is 0 Å². The smallest absolute Gasteiger partial charge is 0.124 e. The van der Waals surface area contributed by atoms with Crippen molar-refractivity contribution in [1.29, 1.82) is 0 Å². The molecule has 0 saturated carbocycles. The minimum absolute atomic E-state index is 0.268. The summed E-state index contributed by atoms with van der Waals surface area (Å²) in [6.07, 6.45) is 1.69. The maximum atomic E-state index is 13.3. The van der Waals surface area contributed by atoms with E-state index in [1.54, 1.807) is 6.20 Å². The Labute approximate surface area is 95.5 Å². The van der Waals surface area contributed by atoms with Gasteiger partial charge in [-0.2, -0.15) is 0 Å². The molecule has 0 saturated heterocycles. The summed E-state index contributed by atoms with van der Waals surface area (Å²) in [5.41, 5.74) is 7.95. The molecule has 0 aliphatic heterocycles. The van der Waals surface area contributed by atoms with Crippen molar-refractivity contribution in [3.63, 3.8) is 0 Å². The van der Waals surface area contributed by atoms with Crippen molar-refractivity contribution in [2.24, 2.45) is 5.73 Å². The molecule has 1 aromatic carbocycles. The van der Waals surface area contributed by atoms with Crippen LogP contribution in [0.5, 0.6) is 0 Å². The molecule has 3 nitrogen and oxygen atoms in total. The molecule has 88 valence electrons. The highest BCUT2D eigenvalue weighted by Gasteiger charge is 2.02. The Morgan fingerprint density at radius 2 is 2.19 bits per heavy atom. The highest BCUT2D eigenvalue weighted by molar-refractivity contribution is 5.62. The van der Waals surface area contributed by atoms with Crippen LogP contribution < -0.4 is 16.4 Å². The molecule has 0 amide bonds. The van der Waals surface area contributed by atoms with Gasteiger partial charge in [-0.3, -0.25) is 0 Å². The number of hydrogen-bond acceptors (Lipinski definition) is 3. The normalized spacial score (nSPS) is 11.6. The average molecular weight is 223 g/mol. The molecule has 0 radical (unpaired) electrons. The van der Waals surface area contributed by atoms with Crippen LogP contribution in [0.2, 0.25) is 0 Å². The van der Waals surface area contributed by atoms with Gasteiger partial charge in [-0.25, -0.2) is 4.39 Å². The zero-order valence-electron chi connectivity index (χ0n) is 9.68. The lowest BCUT2D eigenvalue weighted by atomic mass is 10.1. The quantitative estimate of drug-likeness (QED) is 0.707. The van der Waals surface area contributed by atoms with E-state index in [0.717, 1.165) is 12.1 Å². The first-order valence-corrected chi connectivity index (χ1v) is 5.30. The Morgan fingerprint density at radius 1 is 1.44 bits per heavy atom. The molecule has 0 bridgehead atoms. The predicted molar refractivity (Wildman–Crippen MR) is 65.0 cm³/mol. The standard InChI is InChI=1S/C12H18FN3/c1-3-16-8-12(14)10-4-9(7-15-2)5-11(13)6-10/h4-6,8,15-16H,3,7,14H2,1-2H3/b12-8-. The van der Waals surface area contributed by atoms with Crippen LogP contribution in [0.4, 0.5) is 4.39 Å². The topological polar surface area (TPSA) is 50.1 Å². The second-order valence-corrected chi connectivity index (χ2v) is 3.54. The molecule has 0 atom stereocenters. The fourth-order valence-electron chi connectivity index (χ4n) is 1.42. The van der Waals surface area contributed by atoms with E-state index in [0.29, 0.717) is 17.8 Å². The second-order valence-electron chi connectivity index (χ2n) is 3.54. The van der Waals surface area contributed by atoms with E-state index >= 15 is 0 Å². The van der Waals surface area contributed by atoms with Crippen LogP contribution in [0.25, 0.3) is 5.70 Å². The average Bonchev–Trinajstić information content (AvgIpc) is 2.25. The van der Waals surface area contributed by atoms with Crippen molar-refractivity contribution < 1.29 is 4.39 Å². The van der Waals surface area contributed by atoms with E-state index in [1.807, 2.05) is 20.0 Å². The maximum Gasteiger partial charge on any atom is 0.124 e. The summed E-state index contributed by atoms with van der Waals surface area (Å²) in [6.45, 7) is 3.39. The third kappa shape index (κ3) is 3.55. The largest absolute Gasteiger partial charge is 0.397 e. The van der Waals surface area contributed by atoms with Gasteiger partial charge in [0.1, 0.15) is 5.82 Å². The van der Waals surface area contributed by atoms with Gasteiger partial charge in [0.25, 0.3) is 0 Å². The van der Waals surface area contributed by atoms with Gasteiger partial charge in [-0.1, -0.05) is 0 Å². The van der Waals surface area contributed by atoms with Crippen molar-refractivity contribution in [2.75, 3.05) is 13.6 Å². The van der Waals surface area contributed by atoms with E-state index in [9.17, 15) is 4.39 Å². The zero-order chi connectivity index (χ0) is 12.0. The molecule has 4 heteroatoms. The van der Waals surface area contributed by atoms with E-state index in [-0.39, 0.29) is 5.82 Å². The van der Waals surface area contributed by atoms with Crippen LogP contribution in [0.3, 0.4) is 0 Å². The molecule has 0 fully saturated rings. The lowest BCUT2D eigenvalue weighted by Crippen LogP contribution is -2.09. The summed E-state index contributed by atoms with van der Waals surface area (Å²) in [5, 5.41) is 5.97. The molecule has 4 N–H and O–H groups in total. The van der Waals surface area contributed by atoms with E-state index in [4.69, 9.17) is 5.73 Å². The molecule has 0 aliphatic carbocycles. The highest BCUT2D eigenvalue weighted by Crippen LogP contribution is 2.14. The number of nitrogens with one attached hydrogen (secondary N) is 2.